The summed E-state index contributed by atoms with van der Waals surface area (Å²) in [6, 6.07) is 8.72. The third-order valence-electron chi connectivity index (χ3n) is 6.04. The molecule has 178 valence electrons. The highest BCUT2D eigenvalue weighted by Crippen LogP contribution is 2.24. The lowest BCUT2D eigenvalue weighted by atomic mass is 9.97. The smallest absolute Gasteiger partial charge is 0.337 e. The zero-order chi connectivity index (χ0) is 24.4. The molecule has 2 aromatic carbocycles. The molecule has 1 aliphatic heterocycles. The molecule has 3 aromatic rings. The molecule has 1 aromatic heterocycles. The monoisotopic (exact) mass is 480 g/mol. The summed E-state index contributed by atoms with van der Waals surface area (Å²) in [5.74, 6) is -0.367. The lowest BCUT2D eigenvalue weighted by Gasteiger charge is -2.17. The number of thioether (sulfide) groups is 1. The summed E-state index contributed by atoms with van der Waals surface area (Å²) in [6.07, 6.45) is 1.76. The summed E-state index contributed by atoms with van der Waals surface area (Å²) in [7, 11) is 1.31. The Bertz CT molecular complexity index is 1300. The Morgan fingerprint density at radius 2 is 1.91 bits per heavy atom. The van der Waals surface area contributed by atoms with E-state index in [9.17, 15) is 14.4 Å². The number of Topliss-reactive ketones (excluding diaryl/α,β-unsaturated/α-hetero) is 1. The van der Waals surface area contributed by atoms with E-state index in [-0.39, 0.29) is 23.2 Å². The highest BCUT2D eigenvalue weighted by atomic mass is 32.2. The lowest BCUT2D eigenvalue weighted by Crippen LogP contribution is -2.29. The van der Waals surface area contributed by atoms with Crippen LogP contribution in [0, 0.1) is 20.8 Å². The van der Waals surface area contributed by atoms with Crippen LogP contribution < -0.4 is 5.56 Å². The van der Waals surface area contributed by atoms with Crippen LogP contribution in [-0.2, 0) is 16.0 Å². The third kappa shape index (κ3) is 4.93. The predicted molar refractivity (Wildman–Crippen MR) is 132 cm³/mol. The van der Waals surface area contributed by atoms with Gasteiger partial charge < -0.3 is 9.47 Å². The number of rotatable bonds is 7. The molecule has 1 fully saturated rings. The first-order valence-corrected chi connectivity index (χ1v) is 12.3. The number of carbonyl (C=O) groups is 2. The zero-order valence-corrected chi connectivity index (χ0v) is 20.7. The minimum absolute atomic E-state index is 0.0127. The maximum absolute atomic E-state index is 13.4. The fourth-order valence-corrected chi connectivity index (χ4v) is 5.41. The number of esters is 1. The van der Waals surface area contributed by atoms with Crippen molar-refractivity contribution in [3.8, 4) is 0 Å². The number of hydrogen-bond acceptors (Lipinski definition) is 7. The fraction of sp³-hybridized carbons (Fsp3) is 0.385. The average molecular weight is 481 g/mol. The van der Waals surface area contributed by atoms with E-state index < -0.39 is 5.97 Å². The number of ketones is 1. The van der Waals surface area contributed by atoms with Gasteiger partial charge in [-0.15, -0.1) is 0 Å². The van der Waals surface area contributed by atoms with Gasteiger partial charge in [0, 0.05) is 12.2 Å². The summed E-state index contributed by atoms with van der Waals surface area (Å²) in [4.78, 5) is 43.2. The van der Waals surface area contributed by atoms with E-state index in [1.54, 1.807) is 22.8 Å². The van der Waals surface area contributed by atoms with Gasteiger partial charge in [0.05, 0.1) is 42.0 Å². The van der Waals surface area contributed by atoms with Gasteiger partial charge in [-0.2, -0.15) is 0 Å². The number of carbonyl (C=O) groups excluding carboxylic acids is 2. The van der Waals surface area contributed by atoms with Crippen molar-refractivity contribution in [3.05, 3.63) is 68.5 Å². The molecule has 0 radical (unpaired) electrons. The molecule has 1 aliphatic rings. The topological polar surface area (TPSA) is 87.5 Å². The van der Waals surface area contributed by atoms with E-state index in [1.807, 2.05) is 32.9 Å². The van der Waals surface area contributed by atoms with Crippen LogP contribution >= 0.6 is 11.8 Å². The quantitative estimate of drug-likeness (QED) is 0.216. The largest absolute Gasteiger partial charge is 0.465 e. The fourth-order valence-electron chi connectivity index (χ4n) is 4.53. The highest BCUT2D eigenvalue weighted by molar-refractivity contribution is 7.99. The molecule has 7 nitrogen and oxygen atoms in total. The Labute approximate surface area is 202 Å². The Hall–Kier alpha value is -2.97. The van der Waals surface area contributed by atoms with Crippen LogP contribution in [-0.4, -0.2) is 46.9 Å². The summed E-state index contributed by atoms with van der Waals surface area (Å²) < 4.78 is 12.2. The van der Waals surface area contributed by atoms with E-state index in [0.29, 0.717) is 40.3 Å². The van der Waals surface area contributed by atoms with Crippen molar-refractivity contribution in [2.24, 2.45) is 0 Å². The van der Waals surface area contributed by atoms with Crippen molar-refractivity contribution in [1.82, 2.24) is 9.55 Å². The van der Waals surface area contributed by atoms with Crippen molar-refractivity contribution in [2.75, 3.05) is 19.5 Å². The van der Waals surface area contributed by atoms with E-state index >= 15 is 0 Å². The molecule has 0 aliphatic carbocycles. The molecule has 4 rings (SSSR count). The van der Waals surface area contributed by atoms with E-state index in [0.717, 1.165) is 29.5 Å². The Morgan fingerprint density at radius 1 is 1.18 bits per heavy atom. The van der Waals surface area contributed by atoms with E-state index in [4.69, 9.17) is 14.5 Å². The summed E-state index contributed by atoms with van der Waals surface area (Å²) in [5.41, 5.74) is 4.20. The minimum Gasteiger partial charge on any atom is -0.465 e. The van der Waals surface area contributed by atoms with Crippen molar-refractivity contribution >= 4 is 34.4 Å². The average Bonchev–Trinajstić information content (AvgIpc) is 3.31. The number of nitrogens with zero attached hydrogens (tertiary/aromatic N) is 2. The van der Waals surface area contributed by atoms with Crippen molar-refractivity contribution in [3.63, 3.8) is 0 Å². The van der Waals surface area contributed by atoms with Gasteiger partial charge in [-0.3, -0.25) is 14.2 Å². The molecule has 34 heavy (non-hydrogen) atoms. The second-order valence-electron chi connectivity index (χ2n) is 8.65. The Balaban J connectivity index is 1.71. The van der Waals surface area contributed by atoms with Gasteiger partial charge in [0.15, 0.2) is 10.9 Å². The van der Waals surface area contributed by atoms with Crippen LogP contribution in [0.15, 0.2) is 40.3 Å². The first kappa shape index (κ1) is 24.2. The number of methoxy groups -OCH3 is 1. The summed E-state index contributed by atoms with van der Waals surface area (Å²) in [6.45, 7) is 6.94. The normalized spacial score (nSPS) is 15.6. The third-order valence-corrected chi connectivity index (χ3v) is 7.02. The Morgan fingerprint density at radius 3 is 2.56 bits per heavy atom. The number of aromatic nitrogens is 2. The van der Waals surface area contributed by atoms with Gasteiger partial charge in [0.25, 0.3) is 5.56 Å². The zero-order valence-electron chi connectivity index (χ0n) is 19.8. The molecule has 0 amide bonds. The van der Waals surface area contributed by atoms with Crippen LogP contribution in [0.5, 0.6) is 0 Å². The second-order valence-corrected chi connectivity index (χ2v) is 9.60. The molecule has 0 N–H and O–H groups in total. The molecule has 0 bridgehead atoms. The van der Waals surface area contributed by atoms with E-state index in [2.05, 4.69) is 0 Å². The van der Waals surface area contributed by atoms with Gasteiger partial charge in [0.2, 0.25) is 0 Å². The molecule has 1 saturated heterocycles. The van der Waals surface area contributed by atoms with Gasteiger partial charge in [0.1, 0.15) is 0 Å². The highest BCUT2D eigenvalue weighted by Gasteiger charge is 2.22. The van der Waals surface area contributed by atoms with Crippen molar-refractivity contribution < 1.29 is 19.1 Å². The number of benzene rings is 2. The van der Waals surface area contributed by atoms with Crippen LogP contribution in [0.1, 0.15) is 50.2 Å². The molecular formula is C26H28N2O5S. The van der Waals surface area contributed by atoms with Gasteiger partial charge in [-0.25, -0.2) is 9.78 Å². The van der Waals surface area contributed by atoms with Crippen molar-refractivity contribution in [1.29, 1.82) is 0 Å². The van der Waals surface area contributed by atoms with Crippen LogP contribution in [0.4, 0.5) is 0 Å². The van der Waals surface area contributed by atoms with Crippen molar-refractivity contribution in [2.45, 2.75) is 51.4 Å². The maximum atomic E-state index is 13.4. The SMILES string of the molecule is COC(=O)c1ccc2c(=O)n(C[C@@H]3CCCO3)c(SCC(=O)c3c(C)cc(C)cc3C)nc2c1. The molecule has 0 unspecified atom stereocenters. The van der Waals surface area contributed by atoms with Crippen LogP contribution in [0.3, 0.4) is 0 Å². The molecule has 8 heteroatoms. The van der Waals surface area contributed by atoms with Gasteiger partial charge >= 0.3 is 5.97 Å². The maximum Gasteiger partial charge on any atom is 0.337 e. The molecule has 0 spiro atoms. The predicted octanol–water partition coefficient (Wildman–Crippen LogP) is 4.26. The number of hydrogen-bond donors (Lipinski definition) is 0. The number of fused-ring (bicyclic) bond motifs is 1. The second kappa shape index (κ2) is 10.1. The van der Waals surface area contributed by atoms with Crippen LogP contribution in [0.2, 0.25) is 0 Å². The molecule has 1 atom stereocenters. The molecular weight excluding hydrogens is 452 g/mol. The number of aryl methyl sites for hydroxylation is 3. The summed E-state index contributed by atoms with van der Waals surface area (Å²) in [5, 5.41) is 0.845. The van der Waals surface area contributed by atoms with Gasteiger partial charge in [-0.05, 0) is 62.9 Å². The first-order valence-electron chi connectivity index (χ1n) is 11.3. The molecule has 0 saturated carbocycles. The minimum atomic E-state index is -0.498. The first-order chi connectivity index (χ1) is 16.3. The lowest BCUT2D eigenvalue weighted by molar-refractivity contribution is 0.0600. The summed E-state index contributed by atoms with van der Waals surface area (Å²) >= 11 is 1.23. The van der Waals surface area contributed by atoms with Gasteiger partial charge in [-0.1, -0.05) is 29.5 Å². The molecule has 2 heterocycles. The standard InChI is InChI=1S/C26H28N2O5S/c1-15-10-16(2)23(17(3)11-15)22(29)14-34-26-27-21-12-18(25(31)32-4)7-8-20(21)24(30)28(26)13-19-6-5-9-33-19/h7-8,10-12,19H,5-6,9,13-14H2,1-4H3/t19-/m0/s1. The number of ether oxygens (including phenoxy) is 2. The Kier molecular flexibility index (Phi) is 7.19. The van der Waals surface area contributed by atoms with E-state index in [1.165, 1.54) is 18.9 Å². The van der Waals surface area contributed by atoms with Crippen LogP contribution in [0.25, 0.3) is 10.9 Å².